The minimum Gasteiger partial charge on any atom is -0.323 e. The van der Waals surface area contributed by atoms with Crippen molar-refractivity contribution in [3.05, 3.63) is 60.2 Å². The van der Waals surface area contributed by atoms with Crippen LogP contribution in [-0.2, 0) is 0 Å². The molecule has 3 atom stereocenters. The normalized spacial score (nSPS) is 23.7. The van der Waals surface area contributed by atoms with Crippen molar-refractivity contribution in [1.82, 2.24) is 0 Å². The molecule has 21 heavy (non-hydrogen) atoms. The average molecular weight is 316 g/mol. The molecule has 0 saturated carbocycles. The minimum absolute atomic E-state index is 0.127. The van der Waals surface area contributed by atoms with E-state index in [4.69, 9.17) is 5.73 Å². The molecule has 1 aliphatic rings. The Kier molecular flexibility index (Phi) is 4.94. The lowest BCUT2D eigenvalue weighted by molar-refractivity contribution is 0.664. The molecule has 1 aliphatic heterocycles. The van der Waals surface area contributed by atoms with E-state index >= 15 is 0 Å². The highest BCUT2D eigenvalue weighted by atomic mass is 32.2. The fourth-order valence-electron chi connectivity index (χ4n) is 2.76. The van der Waals surface area contributed by atoms with Gasteiger partial charge in [0.05, 0.1) is 0 Å². The zero-order chi connectivity index (χ0) is 14.7. The Morgan fingerprint density at radius 2 is 1.52 bits per heavy atom. The van der Waals surface area contributed by atoms with Gasteiger partial charge in [-0.1, -0.05) is 61.5 Å². The van der Waals surface area contributed by atoms with Gasteiger partial charge in [-0.05, 0) is 16.7 Å². The highest BCUT2D eigenvalue weighted by Gasteiger charge is 2.28. The van der Waals surface area contributed by atoms with Gasteiger partial charge in [0.15, 0.2) is 0 Å². The molecular formula is C18H21NS2. The Morgan fingerprint density at radius 1 is 0.905 bits per heavy atom. The first-order chi connectivity index (χ1) is 10.3. The van der Waals surface area contributed by atoms with Crippen LogP contribution in [0, 0.1) is 0 Å². The monoisotopic (exact) mass is 315 g/mol. The van der Waals surface area contributed by atoms with Gasteiger partial charge in [-0.25, -0.2) is 0 Å². The highest BCUT2D eigenvalue weighted by molar-refractivity contribution is 8.07. The lowest BCUT2D eigenvalue weighted by Gasteiger charge is -2.32. The van der Waals surface area contributed by atoms with Crippen molar-refractivity contribution in [2.45, 2.75) is 23.5 Å². The van der Waals surface area contributed by atoms with Crippen molar-refractivity contribution in [2.24, 2.45) is 5.73 Å². The molecule has 2 aromatic rings. The van der Waals surface area contributed by atoms with Crippen LogP contribution in [-0.4, -0.2) is 22.0 Å². The van der Waals surface area contributed by atoms with Crippen LogP contribution in [0.15, 0.2) is 54.6 Å². The maximum atomic E-state index is 6.51. The average Bonchev–Trinajstić information content (AvgIpc) is 2.56. The molecule has 1 nitrogen and oxygen atoms in total. The Labute approximate surface area is 135 Å². The molecule has 1 heterocycles. The Bertz CT molecular complexity index is 568. The van der Waals surface area contributed by atoms with Crippen LogP contribution in [0.25, 0.3) is 11.1 Å². The van der Waals surface area contributed by atoms with Crippen LogP contribution < -0.4 is 5.73 Å². The third-order valence-corrected chi connectivity index (χ3v) is 7.21. The minimum atomic E-state index is 0.127. The molecule has 1 saturated heterocycles. The molecule has 2 aromatic carbocycles. The smallest absolute Gasteiger partial charge is 0.0426 e. The summed E-state index contributed by atoms with van der Waals surface area (Å²) in [6.07, 6.45) is 0. The fraction of sp³-hybridized carbons (Fsp3) is 0.333. The number of rotatable bonds is 3. The zero-order valence-corrected chi connectivity index (χ0v) is 13.9. The summed E-state index contributed by atoms with van der Waals surface area (Å²) in [5.41, 5.74) is 10.3. The second kappa shape index (κ2) is 6.91. The van der Waals surface area contributed by atoms with Gasteiger partial charge >= 0.3 is 0 Å². The second-order valence-corrected chi connectivity index (χ2v) is 8.20. The van der Waals surface area contributed by atoms with E-state index in [1.807, 2.05) is 29.6 Å². The number of thioether (sulfide) groups is 2. The molecule has 0 spiro atoms. The van der Waals surface area contributed by atoms with E-state index in [0.717, 1.165) is 0 Å². The third kappa shape index (κ3) is 3.47. The highest BCUT2D eigenvalue weighted by Crippen LogP contribution is 2.37. The maximum absolute atomic E-state index is 6.51. The lowest BCUT2D eigenvalue weighted by atomic mass is 9.98. The predicted molar refractivity (Wildman–Crippen MR) is 97.0 cm³/mol. The second-order valence-electron chi connectivity index (χ2n) is 5.43. The van der Waals surface area contributed by atoms with Crippen LogP contribution in [0.1, 0.15) is 18.5 Å². The summed E-state index contributed by atoms with van der Waals surface area (Å²) in [7, 11) is 0. The van der Waals surface area contributed by atoms with Crippen molar-refractivity contribution in [3.8, 4) is 11.1 Å². The SMILES string of the molecule is CC1SCCSC1C(N)c1ccc(-c2ccccc2)cc1. The first-order valence-electron chi connectivity index (χ1n) is 7.40. The van der Waals surface area contributed by atoms with Crippen LogP contribution in [0.3, 0.4) is 0 Å². The van der Waals surface area contributed by atoms with Crippen molar-refractivity contribution in [1.29, 1.82) is 0 Å². The van der Waals surface area contributed by atoms with Gasteiger partial charge in [-0.15, -0.1) is 0 Å². The largest absolute Gasteiger partial charge is 0.323 e. The molecule has 0 radical (unpaired) electrons. The van der Waals surface area contributed by atoms with Gasteiger partial charge in [0.25, 0.3) is 0 Å². The summed E-state index contributed by atoms with van der Waals surface area (Å²) in [5, 5.41) is 1.15. The van der Waals surface area contributed by atoms with Gasteiger partial charge in [-0.2, -0.15) is 23.5 Å². The summed E-state index contributed by atoms with van der Waals surface area (Å²) in [4.78, 5) is 0. The van der Waals surface area contributed by atoms with Crippen LogP contribution in [0.4, 0.5) is 0 Å². The first-order valence-corrected chi connectivity index (χ1v) is 9.49. The first kappa shape index (κ1) is 15.0. The Morgan fingerprint density at radius 3 is 2.19 bits per heavy atom. The standard InChI is InChI=1S/C18H21NS2/c1-13-18(21-12-11-20-13)17(19)16-9-7-15(8-10-16)14-5-3-2-4-6-14/h2-10,13,17-18H,11-12,19H2,1H3. The van der Waals surface area contributed by atoms with Crippen LogP contribution >= 0.6 is 23.5 Å². The van der Waals surface area contributed by atoms with E-state index < -0.39 is 0 Å². The molecular weight excluding hydrogens is 294 g/mol. The number of hydrogen-bond donors (Lipinski definition) is 1. The van der Waals surface area contributed by atoms with Crippen molar-refractivity contribution >= 4 is 23.5 Å². The van der Waals surface area contributed by atoms with Crippen LogP contribution in [0.5, 0.6) is 0 Å². The number of benzene rings is 2. The summed E-state index contributed by atoms with van der Waals surface area (Å²) in [6.45, 7) is 2.31. The maximum Gasteiger partial charge on any atom is 0.0426 e. The van der Waals surface area contributed by atoms with E-state index in [1.54, 1.807) is 0 Å². The Balaban J connectivity index is 1.77. The molecule has 0 aromatic heterocycles. The molecule has 110 valence electrons. The molecule has 3 heteroatoms. The molecule has 0 bridgehead atoms. The van der Waals surface area contributed by atoms with E-state index in [1.165, 1.54) is 28.2 Å². The molecule has 3 unspecified atom stereocenters. The summed E-state index contributed by atoms with van der Waals surface area (Å²) < 4.78 is 0. The summed E-state index contributed by atoms with van der Waals surface area (Å²) in [5.74, 6) is 2.47. The number of hydrogen-bond acceptors (Lipinski definition) is 3. The molecule has 2 N–H and O–H groups in total. The van der Waals surface area contributed by atoms with E-state index in [2.05, 4.69) is 55.5 Å². The zero-order valence-electron chi connectivity index (χ0n) is 12.2. The van der Waals surface area contributed by atoms with Gasteiger partial charge in [0.2, 0.25) is 0 Å². The van der Waals surface area contributed by atoms with E-state index in [-0.39, 0.29) is 6.04 Å². The van der Waals surface area contributed by atoms with E-state index in [0.29, 0.717) is 10.5 Å². The number of nitrogens with two attached hydrogens (primary N) is 1. The fourth-order valence-corrected chi connectivity index (χ4v) is 5.64. The summed E-state index contributed by atoms with van der Waals surface area (Å²) >= 11 is 4.08. The van der Waals surface area contributed by atoms with Crippen molar-refractivity contribution in [3.63, 3.8) is 0 Å². The van der Waals surface area contributed by atoms with Crippen molar-refractivity contribution in [2.75, 3.05) is 11.5 Å². The molecule has 0 amide bonds. The van der Waals surface area contributed by atoms with E-state index in [9.17, 15) is 0 Å². The quantitative estimate of drug-likeness (QED) is 0.897. The van der Waals surface area contributed by atoms with Gasteiger partial charge in [-0.3, -0.25) is 0 Å². The summed E-state index contributed by atoms with van der Waals surface area (Å²) in [6, 6.07) is 19.4. The van der Waals surface area contributed by atoms with Crippen molar-refractivity contribution < 1.29 is 0 Å². The lowest BCUT2D eigenvalue weighted by Crippen LogP contribution is -2.34. The third-order valence-electron chi connectivity index (χ3n) is 3.99. The molecule has 0 aliphatic carbocycles. The van der Waals surface area contributed by atoms with Gasteiger partial charge in [0, 0.05) is 28.0 Å². The topological polar surface area (TPSA) is 26.0 Å². The van der Waals surface area contributed by atoms with Crippen LogP contribution in [0.2, 0.25) is 0 Å². The predicted octanol–water partition coefficient (Wildman–Crippen LogP) is 4.59. The molecule has 3 rings (SSSR count). The molecule has 1 fully saturated rings. The van der Waals surface area contributed by atoms with Gasteiger partial charge < -0.3 is 5.73 Å². The van der Waals surface area contributed by atoms with Gasteiger partial charge in [0.1, 0.15) is 0 Å². The Hall–Kier alpha value is -0.900.